The molecule has 2 saturated carbocycles. The Morgan fingerprint density at radius 1 is 1.29 bits per heavy atom. The third-order valence-electron chi connectivity index (χ3n) is 4.29. The summed E-state index contributed by atoms with van der Waals surface area (Å²) in [5.41, 5.74) is 5.83. The van der Waals surface area contributed by atoms with Gasteiger partial charge in [-0.2, -0.15) is 0 Å². The average Bonchev–Trinajstić information content (AvgIpc) is 3.18. The topological polar surface area (TPSA) is 47.3 Å². The summed E-state index contributed by atoms with van der Waals surface area (Å²) >= 11 is 0. The van der Waals surface area contributed by atoms with Crippen LogP contribution in [-0.4, -0.2) is 31.8 Å². The second-order valence-corrected chi connectivity index (χ2v) is 6.12. The zero-order valence-electron chi connectivity index (χ0n) is 11.4. The number of hydrogen-bond acceptors (Lipinski definition) is 3. The predicted octanol–water partition coefficient (Wildman–Crippen LogP) is 1.77. The molecule has 0 aromatic heterocycles. The lowest BCUT2D eigenvalue weighted by atomic mass is 9.95. The fourth-order valence-corrected chi connectivity index (χ4v) is 2.64. The minimum Gasteiger partial charge on any atom is -0.380 e. The van der Waals surface area contributed by atoms with Gasteiger partial charge in [-0.3, -0.25) is 0 Å². The van der Waals surface area contributed by atoms with Crippen molar-refractivity contribution >= 4 is 0 Å². The van der Waals surface area contributed by atoms with Gasteiger partial charge in [0.2, 0.25) is 0 Å². The molecule has 1 atom stereocenters. The van der Waals surface area contributed by atoms with Crippen LogP contribution < -0.4 is 11.1 Å². The van der Waals surface area contributed by atoms with E-state index in [1.165, 1.54) is 25.7 Å². The third kappa shape index (κ3) is 3.94. The Kier molecular flexibility index (Phi) is 4.45. The fraction of sp³-hybridized carbons (Fsp3) is 1.00. The van der Waals surface area contributed by atoms with E-state index in [4.69, 9.17) is 10.5 Å². The van der Waals surface area contributed by atoms with Gasteiger partial charge in [-0.1, -0.05) is 0 Å². The van der Waals surface area contributed by atoms with Crippen LogP contribution in [0.3, 0.4) is 0 Å². The van der Waals surface area contributed by atoms with Crippen molar-refractivity contribution in [1.29, 1.82) is 0 Å². The Hall–Kier alpha value is -0.120. The fourth-order valence-electron chi connectivity index (χ4n) is 2.64. The standard InChI is InChI=1S/C14H28N2O/c1-3-17-10-14(2,9-15)16-8-13(11-4-5-11)12-6-7-12/h11-13,16H,3-10,15H2,1-2H3. The summed E-state index contributed by atoms with van der Waals surface area (Å²) in [4.78, 5) is 0. The van der Waals surface area contributed by atoms with Crippen LogP contribution in [0.1, 0.15) is 39.5 Å². The van der Waals surface area contributed by atoms with Crippen molar-refractivity contribution in [1.82, 2.24) is 5.32 Å². The maximum Gasteiger partial charge on any atom is 0.0657 e. The normalized spacial score (nSPS) is 24.0. The van der Waals surface area contributed by atoms with Crippen LogP contribution in [0.25, 0.3) is 0 Å². The molecule has 0 radical (unpaired) electrons. The maximum absolute atomic E-state index is 5.87. The summed E-state index contributed by atoms with van der Waals surface area (Å²) < 4.78 is 5.53. The molecule has 1 unspecified atom stereocenters. The van der Waals surface area contributed by atoms with E-state index in [1.54, 1.807) is 0 Å². The molecule has 0 spiro atoms. The molecule has 0 heterocycles. The summed E-state index contributed by atoms with van der Waals surface area (Å²) in [5.74, 6) is 2.91. The largest absolute Gasteiger partial charge is 0.380 e. The van der Waals surface area contributed by atoms with Crippen molar-refractivity contribution < 1.29 is 4.74 Å². The van der Waals surface area contributed by atoms with E-state index in [-0.39, 0.29) is 5.54 Å². The third-order valence-corrected chi connectivity index (χ3v) is 4.29. The maximum atomic E-state index is 5.87. The predicted molar refractivity (Wildman–Crippen MR) is 70.9 cm³/mol. The lowest BCUT2D eigenvalue weighted by Crippen LogP contribution is -2.54. The van der Waals surface area contributed by atoms with Gasteiger partial charge in [0.25, 0.3) is 0 Å². The lowest BCUT2D eigenvalue weighted by Gasteiger charge is -2.31. The SMILES string of the molecule is CCOCC(C)(CN)NCC(C1CC1)C1CC1. The molecular formula is C14H28N2O. The van der Waals surface area contributed by atoms with Crippen molar-refractivity contribution in [3.05, 3.63) is 0 Å². The molecule has 3 nitrogen and oxygen atoms in total. The Morgan fingerprint density at radius 2 is 1.88 bits per heavy atom. The second-order valence-electron chi connectivity index (χ2n) is 6.12. The highest BCUT2D eigenvalue weighted by Crippen LogP contribution is 2.48. The minimum atomic E-state index is -0.0436. The van der Waals surface area contributed by atoms with Gasteiger partial charge in [-0.25, -0.2) is 0 Å². The quantitative estimate of drug-likeness (QED) is 0.645. The van der Waals surface area contributed by atoms with Crippen molar-refractivity contribution in [3.63, 3.8) is 0 Å². The zero-order chi connectivity index (χ0) is 12.3. The van der Waals surface area contributed by atoms with Gasteiger partial charge in [0.05, 0.1) is 12.1 Å². The molecule has 100 valence electrons. The molecule has 3 heteroatoms. The highest BCUT2D eigenvalue weighted by atomic mass is 16.5. The Balaban J connectivity index is 1.76. The summed E-state index contributed by atoms with van der Waals surface area (Å²) in [6.07, 6.45) is 5.81. The summed E-state index contributed by atoms with van der Waals surface area (Å²) in [6.45, 7) is 7.49. The van der Waals surface area contributed by atoms with Gasteiger partial charge in [0, 0.05) is 13.2 Å². The Bertz CT molecular complexity index is 226. The second kappa shape index (κ2) is 5.68. The molecule has 2 aliphatic carbocycles. The van der Waals surface area contributed by atoms with E-state index < -0.39 is 0 Å². The first-order valence-electron chi connectivity index (χ1n) is 7.21. The summed E-state index contributed by atoms with van der Waals surface area (Å²) in [6, 6.07) is 0. The molecule has 0 aliphatic heterocycles. The van der Waals surface area contributed by atoms with Crippen LogP contribution in [0.2, 0.25) is 0 Å². The number of ether oxygens (including phenoxy) is 1. The highest BCUT2D eigenvalue weighted by molar-refractivity contribution is 4.94. The number of nitrogens with one attached hydrogen (secondary N) is 1. The molecule has 3 N–H and O–H groups in total. The monoisotopic (exact) mass is 240 g/mol. The van der Waals surface area contributed by atoms with E-state index in [2.05, 4.69) is 12.2 Å². The van der Waals surface area contributed by atoms with Crippen LogP contribution in [-0.2, 0) is 4.74 Å². The molecule has 0 aromatic carbocycles. The zero-order valence-corrected chi connectivity index (χ0v) is 11.4. The van der Waals surface area contributed by atoms with E-state index >= 15 is 0 Å². The highest BCUT2D eigenvalue weighted by Gasteiger charge is 2.41. The number of nitrogens with two attached hydrogens (primary N) is 1. The van der Waals surface area contributed by atoms with Crippen molar-refractivity contribution in [2.24, 2.45) is 23.5 Å². The van der Waals surface area contributed by atoms with Crippen LogP contribution in [0.5, 0.6) is 0 Å². The lowest BCUT2D eigenvalue weighted by molar-refractivity contribution is 0.0840. The van der Waals surface area contributed by atoms with Gasteiger partial charge in [0.1, 0.15) is 0 Å². The van der Waals surface area contributed by atoms with Crippen molar-refractivity contribution in [2.45, 2.75) is 45.1 Å². The molecule has 0 amide bonds. The molecule has 0 aromatic rings. The van der Waals surface area contributed by atoms with E-state index in [0.717, 1.165) is 37.5 Å². The molecule has 0 saturated heterocycles. The van der Waals surface area contributed by atoms with Crippen molar-refractivity contribution in [3.8, 4) is 0 Å². The smallest absolute Gasteiger partial charge is 0.0657 e. The van der Waals surface area contributed by atoms with Gasteiger partial charge in [0.15, 0.2) is 0 Å². The molecular weight excluding hydrogens is 212 g/mol. The van der Waals surface area contributed by atoms with Crippen LogP contribution in [0.4, 0.5) is 0 Å². The molecule has 2 aliphatic rings. The van der Waals surface area contributed by atoms with E-state index in [1.807, 2.05) is 6.92 Å². The molecule has 2 fully saturated rings. The summed E-state index contributed by atoms with van der Waals surface area (Å²) in [5, 5.41) is 3.67. The van der Waals surface area contributed by atoms with Gasteiger partial charge >= 0.3 is 0 Å². The van der Waals surface area contributed by atoms with E-state index in [9.17, 15) is 0 Å². The Labute approximate surface area is 105 Å². The molecule has 2 rings (SSSR count). The first-order valence-corrected chi connectivity index (χ1v) is 7.21. The van der Waals surface area contributed by atoms with Gasteiger partial charge in [-0.05, 0) is 63.8 Å². The van der Waals surface area contributed by atoms with E-state index in [0.29, 0.717) is 6.54 Å². The van der Waals surface area contributed by atoms with Gasteiger partial charge < -0.3 is 15.8 Å². The minimum absolute atomic E-state index is 0.0436. The van der Waals surface area contributed by atoms with Crippen molar-refractivity contribution in [2.75, 3.05) is 26.3 Å². The van der Waals surface area contributed by atoms with Gasteiger partial charge in [-0.15, -0.1) is 0 Å². The summed E-state index contributed by atoms with van der Waals surface area (Å²) in [7, 11) is 0. The molecule has 17 heavy (non-hydrogen) atoms. The number of rotatable bonds is 9. The first-order chi connectivity index (χ1) is 8.18. The average molecular weight is 240 g/mol. The number of hydrogen-bond donors (Lipinski definition) is 2. The van der Waals surface area contributed by atoms with Crippen LogP contribution >= 0.6 is 0 Å². The first kappa shape index (κ1) is 13.3. The van der Waals surface area contributed by atoms with Crippen LogP contribution in [0.15, 0.2) is 0 Å². The molecule has 0 bridgehead atoms. The Morgan fingerprint density at radius 3 is 2.29 bits per heavy atom. The van der Waals surface area contributed by atoms with Crippen LogP contribution in [0, 0.1) is 17.8 Å².